The van der Waals surface area contributed by atoms with Crippen LogP contribution in [0.1, 0.15) is 25.7 Å². The molecular weight excluding hydrogens is 186 g/mol. The Morgan fingerprint density at radius 3 is 2.93 bits per heavy atom. The molecule has 0 radical (unpaired) electrons. The van der Waals surface area contributed by atoms with Crippen molar-refractivity contribution in [2.75, 3.05) is 6.54 Å². The first-order valence-corrected chi connectivity index (χ1v) is 4.34. The van der Waals surface area contributed by atoms with E-state index in [0.29, 0.717) is 18.8 Å². The molecule has 1 aromatic heterocycles. The Kier molecular flexibility index (Phi) is 3.38. The van der Waals surface area contributed by atoms with Crippen molar-refractivity contribution in [2.45, 2.75) is 26.3 Å². The maximum Gasteiger partial charge on any atom is 0.404 e. The number of amides is 1. The minimum absolute atomic E-state index is 0.185. The van der Waals surface area contributed by atoms with Gasteiger partial charge in [-0.15, -0.1) is 5.10 Å². The molecule has 1 aromatic rings. The van der Waals surface area contributed by atoms with Gasteiger partial charge in [-0.3, -0.25) is 0 Å². The van der Waals surface area contributed by atoms with Gasteiger partial charge in [0.2, 0.25) is 0 Å². The lowest BCUT2D eigenvalue weighted by molar-refractivity contribution is 0.194. The summed E-state index contributed by atoms with van der Waals surface area (Å²) in [5.41, 5.74) is 0. The highest BCUT2D eigenvalue weighted by Gasteiger charge is 2.08. The van der Waals surface area contributed by atoms with Gasteiger partial charge in [-0.1, -0.05) is 0 Å². The van der Waals surface area contributed by atoms with Gasteiger partial charge in [-0.05, 0) is 24.3 Å². The van der Waals surface area contributed by atoms with Gasteiger partial charge in [0.05, 0.1) is 6.04 Å². The summed E-state index contributed by atoms with van der Waals surface area (Å²) < 4.78 is 1.67. The van der Waals surface area contributed by atoms with Crippen LogP contribution >= 0.6 is 0 Å². The standard InChI is InChI=1S/C7H13N5O2/c1-5(2)12-6(9-10-11-12)3-4-8-7(13)14/h5,8H,3-4H2,1-2H3,(H,13,14). The lowest BCUT2D eigenvalue weighted by atomic mass is 10.3. The predicted molar refractivity (Wildman–Crippen MR) is 47.9 cm³/mol. The van der Waals surface area contributed by atoms with Crippen LogP contribution in [0.25, 0.3) is 0 Å². The molecule has 0 spiro atoms. The van der Waals surface area contributed by atoms with Gasteiger partial charge in [-0.2, -0.15) is 0 Å². The highest BCUT2D eigenvalue weighted by atomic mass is 16.4. The number of tetrazole rings is 1. The Morgan fingerprint density at radius 2 is 2.36 bits per heavy atom. The van der Waals surface area contributed by atoms with Gasteiger partial charge in [0.25, 0.3) is 0 Å². The number of hydrogen-bond acceptors (Lipinski definition) is 4. The van der Waals surface area contributed by atoms with Crippen molar-refractivity contribution < 1.29 is 9.90 Å². The minimum Gasteiger partial charge on any atom is -0.465 e. The molecule has 7 nitrogen and oxygen atoms in total. The number of nitrogens with zero attached hydrogens (tertiary/aromatic N) is 4. The molecule has 0 unspecified atom stereocenters. The number of hydrogen-bond donors (Lipinski definition) is 2. The number of nitrogens with one attached hydrogen (secondary N) is 1. The summed E-state index contributed by atoms with van der Waals surface area (Å²) in [6.07, 6.45) is -0.536. The maximum atomic E-state index is 10.2. The van der Waals surface area contributed by atoms with Crippen LogP contribution in [0.5, 0.6) is 0 Å². The van der Waals surface area contributed by atoms with Gasteiger partial charge in [0.15, 0.2) is 5.82 Å². The Hall–Kier alpha value is -1.66. The highest BCUT2D eigenvalue weighted by molar-refractivity contribution is 5.64. The molecule has 7 heteroatoms. The molecule has 14 heavy (non-hydrogen) atoms. The summed E-state index contributed by atoms with van der Waals surface area (Å²) in [7, 11) is 0. The van der Waals surface area contributed by atoms with E-state index in [1.165, 1.54) is 0 Å². The molecule has 0 atom stereocenters. The quantitative estimate of drug-likeness (QED) is 0.715. The van der Waals surface area contributed by atoms with E-state index in [1.54, 1.807) is 4.68 Å². The summed E-state index contributed by atoms with van der Waals surface area (Å²) in [5.74, 6) is 0.689. The summed E-state index contributed by atoms with van der Waals surface area (Å²) >= 11 is 0. The summed E-state index contributed by atoms with van der Waals surface area (Å²) in [6.45, 7) is 4.25. The third kappa shape index (κ3) is 2.68. The van der Waals surface area contributed by atoms with E-state index >= 15 is 0 Å². The van der Waals surface area contributed by atoms with Crippen molar-refractivity contribution >= 4 is 6.09 Å². The van der Waals surface area contributed by atoms with Crippen molar-refractivity contribution in [1.82, 2.24) is 25.5 Å². The Morgan fingerprint density at radius 1 is 1.64 bits per heavy atom. The van der Waals surface area contributed by atoms with E-state index in [-0.39, 0.29) is 6.04 Å². The zero-order valence-corrected chi connectivity index (χ0v) is 8.14. The fraction of sp³-hybridized carbons (Fsp3) is 0.714. The van der Waals surface area contributed by atoms with E-state index in [9.17, 15) is 4.79 Å². The third-order valence-corrected chi connectivity index (χ3v) is 1.67. The summed E-state index contributed by atoms with van der Waals surface area (Å²) in [4.78, 5) is 10.2. The second-order valence-corrected chi connectivity index (χ2v) is 3.12. The predicted octanol–water partition coefficient (Wildman–Crippen LogP) is 0.0641. The molecule has 0 bridgehead atoms. The molecule has 2 N–H and O–H groups in total. The smallest absolute Gasteiger partial charge is 0.404 e. The molecule has 78 valence electrons. The molecule has 1 heterocycles. The van der Waals surface area contributed by atoms with Crippen LogP contribution in [0.2, 0.25) is 0 Å². The zero-order valence-electron chi connectivity index (χ0n) is 8.14. The van der Waals surface area contributed by atoms with Crippen LogP contribution in [0, 0.1) is 0 Å². The molecule has 1 rings (SSSR count). The molecule has 0 aromatic carbocycles. The van der Waals surface area contributed by atoms with Crippen molar-refractivity contribution in [3.63, 3.8) is 0 Å². The largest absolute Gasteiger partial charge is 0.465 e. The summed E-state index contributed by atoms with van der Waals surface area (Å²) in [5, 5.41) is 21.7. The van der Waals surface area contributed by atoms with Gasteiger partial charge >= 0.3 is 6.09 Å². The normalized spacial score (nSPS) is 10.5. The van der Waals surface area contributed by atoms with Crippen LogP contribution in [-0.4, -0.2) is 38.0 Å². The van der Waals surface area contributed by atoms with Gasteiger partial charge < -0.3 is 10.4 Å². The van der Waals surface area contributed by atoms with Gasteiger partial charge in [0.1, 0.15) is 0 Å². The van der Waals surface area contributed by atoms with Crippen molar-refractivity contribution in [1.29, 1.82) is 0 Å². The average molecular weight is 199 g/mol. The monoisotopic (exact) mass is 199 g/mol. The minimum atomic E-state index is -1.03. The second-order valence-electron chi connectivity index (χ2n) is 3.12. The zero-order chi connectivity index (χ0) is 10.6. The van der Waals surface area contributed by atoms with Crippen molar-refractivity contribution in [2.24, 2.45) is 0 Å². The first kappa shape index (κ1) is 10.4. The molecule has 0 saturated carbocycles. The van der Waals surface area contributed by atoms with Crippen LogP contribution in [-0.2, 0) is 6.42 Å². The molecule has 0 aliphatic carbocycles. The molecule has 0 fully saturated rings. The number of carboxylic acid groups (broad SMARTS) is 1. The average Bonchev–Trinajstić information content (AvgIpc) is 2.51. The molecule has 0 saturated heterocycles. The Labute approximate surface area is 81.1 Å². The van der Waals surface area contributed by atoms with Crippen molar-refractivity contribution in [3.05, 3.63) is 5.82 Å². The molecular formula is C7H13N5O2. The molecule has 1 amide bonds. The fourth-order valence-electron chi connectivity index (χ4n) is 1.06. The van der Waals surface area contributed by atoms with Crippen LogP contribution in [0.3, 0.4) is 0 Å². The van der Waals surface area contributed by atoms with E-state index in [4.69, 9.17) is 5.11 Å². The van der Waals surface area contributed by atoms with E-state index < -0.39 is 6.09 Å². The first-order valence-electron chi connectivity index (χ1n) is 4.34. The van der Waals surface area contributed by atoms with E-state index in [0.717, 1.165) is 0 Å². The topological polar surface area (TPSA) is 92.9 Å². The van der Waals surface area contributed by atoms with Crippen molar-refractivity contribution in [3.8, 4) is 0 Å². The highest BCUT2D eigenvalue weighted by Crippen LogP contribution is 2.03. The Balaban J connectivity index is 2.50. The van der Waals surface area contributed by atoms with Crippen LogP contribution < -0.4 is 5.32 Å². The van der Waals surface area contributed by atoms with Crippen LogP contribution in [0.4, 0.5) is 4.79 Å². The van der Waals surface area contributed by atoms with Crippen LogP contribution in [0.15, 0.2) is 0 Å². The van der Waals surface area contributed by atoms with E-state index in [1.807, 2.05) is 13.8 Å². The number of rotatable bonds is 4. The Bertz CT molecular complexity index is 309. The number of carbonyl (C=O) groups is 1. The maximum absolute atomic E-state index is 10.2. The summed E-state index contributed by atoms with van der Waals surface area (Å²) in [6, 6.07) is 0.185. The molecule has 0 aliphatic rings. The van der Waals surface area contributed by atoms with E-state index in [2.05, 4.69) is 20.8 Å². The fourth-order valence-corrected chi connectivity index (χ4v) is 1.06. The molecule has 0 aliphatic heterocycles. The van der Waals surface area contributed by atoms with Gasteiger partial charge in [-0.25, -0.2) is 9.48 Å². The number of aromatic nitrogens is 4. The third-order valence-electron chi connectivity index (χ3n) is 1.67. The first-order chi connectivity index (χ1) is 6.61. The van der Waals surface area contributed by atoms with Gasteiger partial charge in [0, 0.05) is 13.0 Å². The lowest BCUT2D eigenvalue weighted by Gasteiger charge is -2.06. The lowest BCUT2D eigenvalue weighted by Crippen LogP contribution is -2.24. The SMILES string of the molecule is CC(C)n1nnnc1CCNC(=O)O. The second kappa shape index (κ2) is 4.54.